The lowest BCUT2D eigenvalue weighted by Crippen LogP contribution is -2.36. The van der Waals surface area contributed by atoms with E-state index in [2.05, 4.69) is 5.32 Å². The van der Waals surface area contributed by atoms with Crippen LogP contribution in [0.3, 0.4) is 0 Å². The quantitative estimate of drug-likeness (QED) is 0.245. The zero-order valence-electron chi connectivity index (χ0n) is 19.7. The largest absolute Gasteiger partial charge is 0.461 e. The highest BCUT2D eigenvalue weighted by atomic mass is 16.5. The summed E-state index contributed by atoms with van der Waals surface area (Å²) in [7, 11) is 0. The number of ketones is 1. The van der Waals surface area contributed by atoms with E-state index in [4.69, 9.17) is 9.73 Å². The topological polar surface area (TPSA) is 67.8 Å². The summed E-state index contributed by atoms with van der Waals surface area (Å²) < 4.78 is 5.59. The van der Waals surface area contributed by atoms with E-state index in [-0.39, 0.29) is 23.9 Å². The maximum absolute atomic E-state index is 12.3. The van der Waals surface area contributed by atoms with Gasteiger partial charge in [0.1, 0.15) is 12.1 Å². The van der Waals surface area contributed by atoms with Gasteiger partial charge < -0.3 is 10.1 Å². The molecule has 1 unspecified atom stereocenters. The van der Waals surface area contributed by atoms with E-state index < -0.39 is 0 Å². The first-order chi connectivity index (χ1) is 14.7. The molecule has 1 N–H and O–H groups in total. The number of nitrogens with one attached hydrogen (secondary N) is 1. The minimum absolute atomic E-state index is 0.0528. The molecule has 31 heavy (non-hydrogen) atoms. The number of esters is 1. The van der Waals surface area contributed by atoms with Crippen LogP contribution in [0.25, 0.3) is 0 Å². The molecule has 0 heterocycles. The lowest BCUT2D eigenvalue weighted by atomic mass is 10.1. The molecule has 1 fully saturated rings. The van der Waals surface area contributed by atoms with Crippen molar-refractivity contribution in [1.29, 1.82) is 0 Å². The SMILES string of the molecule is C/C=C(\C=C(\C)C(C)=O)C(/C)=N/c1cc(CNC(C)C(=O)OC2CCCC2)ccc1C. The molecule has 0 bridgehead atoms. The Morgan fingerprint density at radius 2 is 1.90 bits per heavy atom. The molecule has 2 rings (SSSR count). The summed E-state index contributed by atoms with van der Waals surface area (Å²) in [5, 5.41) is 3.26. The molecule has 5 heteroatoms. The third-order valence-corrected chi connectivity index (χ3v) is 5.77. The zero-order valence-corrected chi connectivity index (χ0v) is 19.7. The van der Waals surface area contributed by atoms with Crippen molar-refractivity contribution in [2.24, 2.45) is 4.99 Å². The number of aliphatic imine (C=N–C) groups is 1. The molecule has 0 aliphatic heterocycles. The highest BCUT2D eigenvalue weighted by molar-refractivity contribution is 6.04. The minimum Gasteiger partial charge on any atom is -0.461 e. The second-order valence-corrected chi connectivity index (χ2v) is 8.39. The van der Waals surface area contributed by atoms with Crippen molar-refractivity contribution >= 4 is 23.2 Å². The number of carbonyl (C=O) groups excluding carboxylic acids is 2. The van der Waals surface area contributed by atoms with Crippen LogP contribution in [0.2, 0.25) is 0 Å². The van der Waals surface area contributed by atoms with Crippen LogP contribution in [-0.4, -0.2) is 29.6 Å². The van der Waals surface area contributed by atoms with E-state index in [1.54, 1.807) is 6.92 Å². The van der Waals surface area contributed by atoms with E-state index in [0.717, 1.165) is 53.8 Å². The second-order valence-electron chi connectivity index (χ2n) is 8.39. The van der Waals surface area contributed by atoms with E-state index in [1.807, 2.05) is 65.0 Å². The molecule has 0 radical (unpaired) electrons. The summed E-state index contributed by atoms with van der Waals surface area (Å²) in [5.74, 6) is -0.129. The van der Waals surface area contributed by atoms with Gasteiger partial charge in [0, 0.05) is 12.3 Å². The van der Waals surface area contributed by atoms with Crippen LogP contribution < -0.4 is 5.32 Å². The molecule has 1 aliphatic carbocycles. The summed E-state index contributed by atoms with van der Waals surface area (Å²) in [6, 6.07) is 5.76. The fraction of sp³-hybridized carbons (Fsp3) is 0.500. The van der Waals surface area contributed by atoms with Gasteiger partial charge in [0.05, 0.1) is 5.69 Å². The summed E-state index contributed by atoms with van der Waals surface area (Å²) in [6.07, 6.45) is 8.17. The van der Waals surface area contributed by atoms with Gasteiger partial charge in [0.2, 0.25) is 0 Å². The molecular weight excluding hydrogens is 388 g/mol. The number of hydrogen-bond acceptors (Lipinski definition) is 5. The molecule has 1 aromatic rings. The van der Waals surface area contributed by atoms with Crippen molar-refractivity contribution in [3.8, 4) is 0 Å². The van der Waals surface area contributed by atoms with E-state index in [1.165, 1.54) is 0 Å². The lowest BCUT2D eigenvalue weighted by molar-refractivity contribution is -0.150. The Hall–Kier alpha value is -2.53. The van der Waals surface area contributed by atoms with Crippen LogP contribution in [0.15, 0.2) is 46.5 Å². The van der Waals surface area contributed by atoms with Crippen LogP contribution in [0.5, 0.6) is 0 Å². The van der Waals surface area contributed by atoms with Crippen LogP contribution in [-0.2, 0) is 20.9 Å². The molecule has 0 saturated heterocycles. The number of Topliss-reactive ketones (excluding diaryl/α,β-unsaturated/α-hetero) is 1. The lowest BCUT2D eigenvalue weighted by Gasteiger charge is -2.17. The zero-order chi connectivity index (χ0) is 23.0. The molecule has 0 spiro atoms. The van der Waals surface area contributed by atoms with Gasteiger partial charge in [-0.1, -0.05) is 18.2 Å². The highest BCUT2D eigenvalue weighted by Crippen LogP contribution is 2.23. The average Bonchev–Trinajstić information content (AvgIpc) is 3.24. The Kier molecular flexibility index (Phi) is 9.38. The van der Waals surface area contributed by atoms with Gasteiger partial charge >= 0.3 is 5.97 Å². The molecule has 1 aliphatic rings. The van der Waals surface area contributed by atoms with Gasteiger partial charge in [-0.15, -0.1) is 0 Å². The van der Waals surface area contributed by atoms with Gasteiger partial charge in [0.15, 0.2) is 5.78 Å². The van der Waals surface area contributed by atoms with Gasteiger partial charge in [-0.3, -0.25) is 14.6 Å². The number of ether oxygens (including phenoxy) is 1. The minimum atomic E-state index is -0.357. The monoisotopic (exact) mass is 424 g/mol. The molecule has 1 aromatic carbocycles. The number of hydrogen-bond donors (Lipinski definition) is 1. The Morgan fingerprint density at radius 3 is 2.52 bits per heavy atom. The maximum Gasteiger partial charge on any atom is 0.323 e. The van der Waals surface area contributed by atoms with Crippen LogP contribution in [0.4, 0.5) is 5.69 Å². The fourth-order valence-corrected chi connectivity index (χ4v) is 3.49. The Labute approximate surface area is 186 Å². The van der Waals surface area contributed by atoms with Gasteiger partial charge in [-0.2, -0.15) is 0 Å². The molecule has 1 saturated carbocycles. The summed E-state index contributed by atoms with van der Waals surface area (Å²) in [5.41, 5.74) is 5.49. The van der Waals surface area contributed by atoms with Crippen LogP contribution in [0.1, 0.15) is 71.4 Å². The molecule has 5 nitrogen and oxygen atoms in total. The first-order valence-corrected chi connectivity index (χ1v) is 11.2. The van der Waals surface area contributed by atoms with E-state index in [0.29, 0.717) is 12.1 Å². The number of benzene rings is 1. The summed E-state index contributed by atoms with van der Waals surface area (Å²) in [6.45, 7) is 11.7. The molecule has 0 amide bonds. The number of aryl methyl sites for hydroxylation is 1. The van der Waals surface area contributed by atoms with Crippen molar-refractivity contribution < 1.29 is 14.3 Å². The summed E-state index contributed by atoms with van der Waals surface area (Å²) >= 11 is 0. The van der Waals surface area contributed by atoms with E-state index >= 15 is 0 Å². The maximum atomic E-state index is 12.3. The highest BCUT2D eigenvalue weighted by Gasteiger charge is 2.22. The third kappa shape index (κ3) is 7.59. The predicted octanol–water partition coefficient (Wildman–Crippen LogP) is 5.53. The van der Waals surface area contributed by atoms with E-state index in [9.17, 15) is 9.59 Å². The smallest absolute Gasteiger partial charge is 0.323 e. The number of nitrogens with zero attached hydrogens (tertiary/aromatic N) is 1. The second kappa shape index (κ2) is 11.8. The standard InChI is InChI=1S/C26H36N2O3/c1-7-23(14-18(3)21(6)29)19(4)28-25-15-22(13-12-17(25)2)16-27-20(5)26(30)31-24-10-8-9-11-24/h7,12-15,20,24,27H,8-11,16H2,1-6H3/b18-14-,23-7+,28-19+. The average molecular weight is 425 g/mol. The van der Waals surface area contributed by atoms with Crippen molar-refractivity contribution in [1.82, 2.24) is 5.32 Å². The van der Waals surface area contributed by atoms with Gasteiger partial charge in [-0.05, 0) is 102 Å². The fourth-order valence-electron chi connectivity index (χ4n) is 3.49. The molecular formula is C26H36N2O3. The summed E-state index contributed by atoms with van der Waals surface area (Å²) in [4.78, 5) is 28.7. The van der Waals surface area contributed by atoms with Crippen molar-refractivity contribution in [3.05, 3.63) is 52.6 Å². The first kappa shape index (κ1) is 24.7. The normalized spacial score (nSPS) is 17.0. The third-order valence-electron chi connectivity index (χ3n) is 5.77. The van der Waals surface area contributed by atoms with Gasteiger partial charge in [0.25, 0.3) is 0 Å². The molecule has 1 atom stereocenters. The molecule has 168 valence electrons. The van der Waals surface area contributed by atoms with Gasteiger partial charge in [-0.25, -0.2) is 0 Å². The van der Waals surface area contributed by atoms with Crippen LogP contribution in [0, 0.1) is 6.92 Å². The van der Waals surface area contributed by atoms with Crippen molar-refractivity contribution in [2.75, 3.05) is 0 Å². The first-order valence-electron chi connectivity index (χ1n) is 11.2. The number of allylic oxidation sites excluding steroid dienone is 4. The Bertz CT molecular complexity index is 890. The Morgan fingerprint density at radius 1 is 1.23 bits per heavy atom. The Balaban J connectivity index is 2.07. The van der Waals surface area contributed by atoms with Crippen molar-refractivity contribution in [3.63, 3.8) is 0 Å². The number of carbonyl (C=O) groups is 2. The van der Waals surface area contributed by atoms with Crippen LogP contribution >= 0.6 is 0 Å². The van der Waals surface area contributed by atoms with Crippen molar-refractivity contribution in [2.45, 2.75) is 85.9 Å². The number of rotatable bonds is 9. The molecule has 0 aromatic heterocycles. The predicted molar refractivity (Wildman–Crippen MR) is 127 cm³/mol.